The predicted octanol–water partition coefficient (Wildman–Crippen LogP) is 5.30. The maximum Gasteiger partial charge on any atom is 0.341 e. The molecule has 3 aromatic carbocycles. The fourth-order valence-corrected chi connectivity index (χ4v) is 4.90. The molecule has 0 saturated heterocycles. The molecule has 5 heteroatoms. The summed E-state index contributed by atoms with van der Waals surface area (Å²) in [5, 5.41) is 12.1. The lowest BCUT2D eigenvalue weighted by Gasteiger charge is -2.27. The lowest BCUT2D eigenvalue weighted by molar-refractivity contribution is -0.139. The van der Waals surface area contributed by atoms with Gasteiger partial charge in [0.1, 0.15) is 5.75 Å². The number of nitrogens with one attached hydrogen (secondary N) is 1. The van der Waals surface area contributed by atoms with Crippen LogP contribution >= 0.6 is 0 Å². The van der Waals surface area contributed by atoms with Crippen LogP contribution in [0.2, 0.25) is 0 Å². The van der Waals surface area contributed by atoms with Gasteiger partial charge < -0.3 is 15.2 Å². The number of carboxylic acid groups (broad SMARTS) is 1. The summed E-state index contributed by atoms with van der Waals surface area (Å²) in [4.78, 5) is 23.7. The van der Waals surface area contributed by atoms with E-state index in [0.29, 0.717) is 18.7 Å². The molecule has 0 aromatic heterocycles. The van der Waals surface area contributed by atoms with E-state index in [9.17, 15) is 9.59 Å². The second kappa shape index (κ2) is 11.5. The van der Waals surface area contributed by atoms with Crippen molar-refractivity contribution in [3.63, 3.8) is 0 Å². The van der Waals surface area contributed by atoms with Gasteiger partial charge in [-0.15, -0.1) is 0 Å². The summed E-state index contributed by atoms with van der Waals surface area (Å²) in [6, 6.07) is 26.4. The Labute approximate surface area is 200 Å². The molecule has 0 spiro atoms. The number of hydrogen-bond donors (Lipinski definition) is 2. The number of carbonyl (C=O) groups excluding carboxylic acids is 1. The van der Waals surface area contributed by atoms with Crippen LogP contribution in [0.4, 0.5) is 0 Å². The van der Waals surface area contributed by atoms with Gasteiger partial charge in [0.05, 0.1) is 0 Å². The molecular formula is C29H31NO4. The molecule has 0 fully saturated rings. The van der Waals surface area contributed by atoms with Crippen molar-refractivity contribution in [1.29, 1.82) is 0 Å². The van der Waals surface area contributed by atoms with Crippen LogP contribution < -0.4 is 10.1 Å². The van der Waals surface area contributed by atoms with Gasteiger partial charge in [0.2, 0.25) is 5.91 Å². The highest BCUT2D eigenvalue weighted by Crippen LogP contribution is 2.39. The van der Waals surface area contributed by atoms with Crippen LogP contribution in [0.3, 0.4) is 0 Å². The van der Waals surface area contributed by atoms with Crippen molar-refractivity contribution >= 4 is 11.9 Å². The first kappa shape index (κ1) is 23.6. The molecular weight excluding hydrogens is 426 g/mol. The molecule has 5 nitrogen and oxygen atoms in total. The van der Waals surface area contributed by atoms with Gasteiger partial charge in [-0.1, -0.05) is 72.8 Å². The van der Waals surface area contributed by atoms with Gasteiger partial charge in [0.15, 0.2) is 6.61 Å². The summed E-state index contributed by atoms with van der Waals surface area (Å²) >= 11 is 0. The summed E-state index contributed by atoms with van der Waals surface area (Å²) in [5.41, 5.74) is 4.65. The Kier molecular flexibility index (Phi) is 7.97. The first-order valence-electron chi connectivity index (χ1n) is 11.9. The summed E-state index contributed by atoms with van der Waals surface area (Å²) in [7, 11) is 0. The smallest absolute Gasteiger partial charge is 0.341 e. The zero-order chi connectivity index (χ0) is 23.8. The van der Waals surface area contributed by atoms with E-state index in [2.05, 4.69) is 35.6 Å². The molecule has 1 aliphatic rings. The van der Waals surface area contributed by atoms with Crippen LogP contribution in [0.5, 0.6) is 5.75 Å². The second-order valence-corrected chi connectivity index (χ2v) is 8.81. The fourth-order valence-electron chi connectivity index (χ4n) is 4.90. The highest BCUT2D eigenvalue weighted by molar-refractivity contribution is 5.76. The zero-order valence-electron chi connectivity index (χ0n) is 19.3. The number of aliphatic carboxylic acids is 1. The maximum absolute atomic E-state index is 12.8. The lowest BCUT2D eigenvalue weighted by atomic mass is 9.80. The molecule has 1 atom stereocenters. The molecule has 176 valence electrons. The number of carbonyl (C=O) groups is 2. The molecule has 0 aliphatic heterocycles. The average molecular weight is 458 g/mol. The van der Waals surface area contributed by atoms with E-state index in [0.717, 1.165) is 31.2 Å². The van der Waals surface area contributed by atoms with Gasteiger partial charge in [-0.2, -0.15) is 0 Å². The minimum absolute atomic E-state index is 0.0577. The van der Waals surface area contributed by atoms with E-state index in [-0.39, 0.29) is 24.3 Å². The van der Waals surface area contributed by atoms with Gasteiger partial charge in [0.25, 0.3) is 0 Å². The molecule has 3 aromatic rings. The molecule has 1 unspecified atom stereocenters. The Morgan fingerprint density at radius 1 is 0.941 bits per heavy atom. The average Bonchev–Trinajstić information content (AvgIpc) is 2.87. The number of amides is 1. The Hall–Kier alpha value is -3.60. The van der Waals surface area contributed by atoms with Gasteiger partial charge in [-0.25, -0.2) is 4.79 Å². The minimum Gasteiger partial charge on any atom is -0.482 e. The van der Waals surface area contributed by atoms with Crippen molar-refractivity contribution in [3.8, 4) is 5.75 Å². The second-order valence-electron chi connectivity index (χ2n) is 8.81. The number of benzene rings is 3. The Bertz CT molecular complexity index is 1060. The molecule has 0 radical (unpaired) electrons. The Morgan fingerprint density at radius 2 is 1.62 bits per heavy atom. The number of rotatable bonds is 10. The molecule has 1 amide bonds. The fraction of sp³-hybridized carbons (Fsp3) is 0.310. The van der Waals surface area contributed by atoms with E-state index < -0.39 is 5.97 Å². The first-order chi connectivity index (χ1) is 16.6. The van der Waals surface area contributed by atoms with Crippen LogP contribution in [0, 0.1) is 0 Å². The van der Waals surface area contributed by atoms with Crippen molar-refractivity contribution in [2.24, 2.45) is 0 Å². The minimum atomic E-state index is -0.981. The third-order valence-electron chi connectivity index (χ3n) is 6.57. The van der Waals surface area contributed by atoms with Crippen LogP contribution in [0.1, 0.15) is 59.8 Å². The molecule has 0 bridgehead atoms. The largest absolute Gasteiger partial charge is 0.482 e. The third kappa shape index (κ3) is 6.04. The van der Waals surface area contributed by atoms with Gasteiger partial charge in [-0.3, -0.25) is 4.79 Å². The molecule has 4 rings (SSSR count). The van der Waals surface area contributed by atoms with Gasteiger partial charge in [0, 0.05) is 18.9 Å². The molecule has 0 saturated carbocycles. The number of ether oxygens (including phenoxy) is 1. The van der Waals surface area contributed by atoms with E-state index in [4.69, 9.17) is 9.84 Å². The van der Waals surface area contributed by atoms with E-state index >= 15 is 0 Å². The summed E-state index contributed by atoms with van der Waals surface area (Å²) < 4.78 is 5.51. The summed E-state index contributed by atoms with van der Waals surface area (Å²) in [6.45, 7) is 0.217. The van der Waals surface area contributed by atoms with E-state index in [1.807, 2.05) is 48.5 Å². The Morgan fingerprint density at radius 3 is 2.26 bits per heavy atom. The van der Waals surface area contributed by atoms with Crippen molar-refractivity contribution < 1.29 is 19.4 Å². The first-order valence-corrected chi connectivity index (χ1v) is 11.9. The molecule has 34 heavy (non-hydrogen) atoms. The molecule has 1 aliphatic carbocycles. The normalized spacial score (nSPS) is 14.9. The van der Waals surface area contributed by atoms with Crippen LogP contribution in [-0.2, 0) is 16.0 Å². The number of carboxylic acids is 1. The summed E-state index contributed by atoms with van der Waals surface area (Å²) in [5.74, 6) is 0.119. The van der Waals surface area contributed by atoms with Crippen LogP contribution in [0.25, 0.3) is 0 Å². The number of fused-ring (bicyclic) bond motifs is 1. The highest BCUT2D eigenvalue weighted by Gasteiger charge is 2.24. The topological polar surface area (TPSA) is 75.6 Å². The van der Waals surface area contributed by atoms with Gasteiger partial charge in [-0.05, 0) is 59.9 Å². The molecule has 0 heterocycles. The third-order valence-corrected chi connectivity index (χ3v) is 6.57. The van der Waals surface area contributed by atoms with Crippen LogP contribution in [-0.4, -0.2) is 30.1 Å². The van der Waals surface area contributed by atoms with Crippen LogP contribution in [0.15, 0.2) is 78.9 Å². The zero-order valence-corrected chi connectivity index (χ0v) is 19.3. The molecule has 2 N–H and O–H groups in total. The Balaban J connectivity index is 1.37. The van der Waals surface area contributed by atoms with Crippen molar-refractivity contribution in [1.82, 2.24) is 5.32 Å². The standard InChI is InChI=1S/C29H31NO4/c31-28(30-19-26(21-9-3-1-4-10-21)22-11-5-2-6-12-22)18-17-23-13-7-15-25-24(23)14-8-16-27(25)34-20-29(32)33/h1-6,8-12,14,16,23,26H,7,13,15,17-20H2,(H,30,31)(H,32,33). The van der Waals surface area contributed by atoms with Crippen molar-refractivity contribution in [3.05, 3.63) is 101 Å². The maximum atomic E-state index is 12.8. The van der Waals surface area contributed by atoms with Crippen molar-refractivity contribution in [2.45, 2.75) is 43.9 Å². The summed E-state index contributed by atoms with van der Waals surface area (Å²) in [6.07, 6.45) is 4.14. The highest BCUT2D eigenvalue weighted by atomic mass is 16.5. The predicted molar refractivity (Wildman–Crippen MR) is 132 cm³/mol. The van der Waals surface area contributed by atoms with Crippen molar-refractivity contribution in [2.75, 3.05) is 13.2 Å². The monoisotopic (exact) mass is 457 g/mol. The quantitative estimate of drug-likeness (QED) is 0.433. The lowest BCUT2D eigenvalue weighted by Crippen LogP contribution is -2.29. The van der Waals surface area contributed by atoms with Gasteiger partial charge >= 0.3 is 5.97 Å². The number of hydrogen-bond acceptors (Lipinski definition) is 3. The van der Waals surface area contributed by atoms with E-state index in [1.165, 1.54) is 16.7 Å². The van der Waals surface area contributed by atoms with E-state index in [1.54, 1.807) is 0 Å². The SMILES string of the molecule is O=C(O)COc1cccc2c1CCCC2CCC(=O)NCC(c1ccccc1)c1ccccc1.